The molecule has 29 heavy (non-hydrogen) atoms. The summed E-state index contributed by atoms with van der Waals surface area (Å²) >= 11 is 0. The van der Waals surface area contributed by atoms with E-state index in [1.807, 2.05) is 36.4 Å². The van der Waals surface area contributed by atoms with E-state index in [1.54, 1.807) is 7.05 Å². The third kappa shape index (κ3) is 8.72. The zero-order chi connectivity index (χ0) is 20.4. The maximum atomic E-state index is 9.72. The molecule has 0 saturated heterocycles. The first-order valence-corrected chi connectivity index (χ1v) is 9.88. The van der Waals surface area contributed by atoms with Gasteiger partial charge in [0.05, 0.1) is 6.61 Å². The van der Waals surface area contributed by atoms with Gasteiger partial charge in [0.2, 0.25) is 0 Å². The molecule has 0 aliphatic heterocycles. The Morgan fingerprint density at radius 3 is 2.03 bits per heavy atom. The van der Waals surface area contributed by atoms with Crippen LogP contribution in [0.1, 0.15) is 43.9 Å². The summed E-state index contributed by atoms with van der Waals surface area (Å²) in [5.74, 6) is 0.764. The van der Waals surface area contributed by atoms with E-state index in [4.69, 9.17) is 0 Å². The minimum absolute atomic E-state index is 0. The molecule has 2 rings (SSSR count). The third-order valence-corrected chi connectivity index (χ3v) is 4.84. The van der Waals surface area contributed by atoms with Gasteiger partial charge in [0.1, 0.15) is 0 Å². The smallest absolute Gasteiger partial charge is 0.191 e. The number of nitrogens with one attached hydrogen (secondary N) is 3. The highest BCUT2D eigenvalue weighted by molar-refractivity contribution is 14.0. The SMILES string of the molecule is CN=C(NCC(CO)c1ccccc1)NCC(C)(C)NC(C)c1ccccc1.I. The van der Waals surface area contributed by atoms with E-state index in [9.17, 15) is 5.11 Å². The van der Waals surface area contributed by atoms with Gasteiger partial charge in [-0.15, -0.1) is 24.0 Å². The van der Waals surface area contributed by atoms with E-state index in [1.165, 1.54) is 5.56 Å². The van der Waals surface area contributed by atoms with Crippen LogP contribution in [0.25, 0.3) is 0 Å². The second-order valence-electron chi connectivity index (χ2n) is 7.76. The minimum Gasteiger partial charge on any atom is -0.396 e. The Balaban J connectivity index is 0.00000420. The van der Waals surface area contributed by atoms with Crippen LogP contribution in [-0.2, 0) is 0 Å². The predicted molar refractivity (Wildman–Crippen MR) is 133 cm³/mol. The minimum atomic E-state index is -0.122. The largest absolute Gasteiger partial charge is 0.396 e. The average molecular weight is 510 g/mol. The molecule has 2 unspecified atom stereocenters. The average Bonchev–Trinajstić information content (AvgIpc) is 2.71. The van der Waals surface area contributed by atoms with E-state index in [0.29, 0.717) is 6.54 Å². The van der Waals surface area contributed by atoms with Crippen molar-refractivity contribution in [2.75, 3.05) is 26.7 Å². The topological polar surface area (TPSA) is 68.7 Å². The molecule has 6 heteroatoms. The normalized spacial score (nSPS) is 13.9. The number of aliphatic imine (C=N–C) groups is 1. The molecular weight excluding hydrogens is 475 g/mol. The second-order valence-corrected chi connectivity index (χ2v) is 7.76. The molecule has 2 atom stereocenters. The number of halogens is 1. The number of hydrogen-bond acceptors (Lipinski definition) is 3. The molecule has 5 nitrogen and oxygen atoms in total. The molecule has 0 fully saturated rings. The van der Waals surface area contributed by atoms with Crippen LogP contribution in [-0.4, -0.2) is 43.3 Å². The summed E-state index contributed by atoms with van der Waals surface area (Å²) < 4.78 is 0. The molecule has 0 bridgehead atoms. The molecular formula is C23H35IN4O. The number of hydrogen-bond donors (Lipinski definition) is 4. The first-order chi connectivity index (χ1) is 13.4. The highest BCUT2D eigenvalue weighted by Crippen LogP contribution is 2.16. The summed E-state index contributed by atoms with van der Waals surface area (Å²) in [6, 6.07) is 20.7. The van der Waals surface area contributed by atoms with Gasteiger partial charge in [0.15, 0.2) is 5.96 Å². The summed E-state index contributed by atoms with van der Waals surface area (Å²) in [4.78, 5) is 4.31. The van der Waals surface area contributed by atoms with Gasteiger partial charge in [-0.3, -0.25) is 4.99 Å². The fourth-order valence-electron chi connectivity index (χ4n) is 3.22. The van der Waals surface area contributed by atoms with Crippen molar-refractivity contribution in [1.29, 1.82) is 0 Å². The van der Waals surface area contributed by atoms with Crippen LogP contribution in [0.15, 0.2) is 65.7 Å². The van der Waals surface area contributed by atoms with E-state index < -0.39 is 0 Å². The van der Waals surface area contributed by atoms with Gasteiger partial charge in [-0.25, -0.2) is 0 Å². The van der Waals surface area contributed by atoms with Gasteiger partial charge in [0, 0.05) is 37.6 Å². The number of aliphatic hydroxyl groups excluding tert-OH is 1. The van der Waals surface area contributed by atoms with Crippen molar-refractivity contribution >= 4 is 29.9 Å². The van der Waals surface area contributed by atoms with Crippen molar-refractivity contribution in [2.45, 2.75) is 38.3 Å². The van der Waals surface area contributed by atoms with Gasteiger partial charge in [-0.1, -0.05) is 60.7 Å². The van der Waals surface area contributed by atoms with Gasteiger partial charge in [-0.05, 0) is 31.9 Å². The molecule has 0 radical (unpaired) electrons. The Bertz CT molecular complexity index is 722. The predicted octanol–water partition coefficient (Wildman–Crippen LogP) is 3.67. The van der Waals surface area contributed by atoms with E-state index >= 15 is 0 Å². The monoisotopic (exact) mass is 510 g/mol. The highest BCUT2D eigenvalue weighted by Gasteiger charge is 2.21. The molecule has 4 N–H and O–H groups in total. The zero-order valence-corrected chi connectivity index (χ0v) is 20.2. The van der Waals surface area contributed by atoms with Gasteiger partial charge in [-0.2, -0.15) is 0 Å². The Kier molecular flexibility index (Phi) is 11.2. The number of nitrogens with zero attached hydrogens (tertiary/aromatic N) is 1. The standard InChI is InChI=1S/C23H34N4O.HI/c1-18(19-11-7-5-8-12-19)27-23(2,3)17-26-22(24-4)25-15-21(16-28)20-13-9-6-10-14-20;/h5-14,18,21,27-28H,15-17H2,1-4H3,(H2,24,25,26);1H. The van der Waals surface area contributed by atoms with Gasteiger partial charge < -0.3 is 21.1 Å². The van der Waals surface area contributed by atoms with Crippen molar-refractivity contribution in [3.05, 3.63) is 71.8 Å². The van der Waals surface area contributed by atoms with Crippen LogP contribution in [0.4, 0.5) is 0 Å². The van der Waals surface area contributed by atoms with Crippen LogP contribution < -0.4 is 16.0 Å². The first kappa shape index (κ1) is 25.4. The number of guanidine groups is 1. The summed E-state index contributed by atoms with van der Waals surface area (Å²) in [6.07, 6.45) is 0. The quantitative estimate of drug-likeness (QED) is 0.236. The number of aliphatic hydroxyl groups is 1. The molecule has 0 saturated carbocycles. The molecule has 0 aliphatic carbocycles. The summed E-state index contributed by atoms with van der Waals surface area (Å²) in [6.45, 7) is 7.96. The summed E-state index contributed by atoms with van der Waals surface area (Å²) in [7, 11) is 1.76. The van der Waals surface area contributed by atoms with Crippen molar-refractivity contribution < 1.29 is 5.11 Å². The first-order valence-electron chi connectivity index (χ1n) is 9.88. The molecule has 160 valence electrons. The van der Waals surface area contributed by atoms with E-state index in [-0.39, 0.29) is 48.1 Å². The molecule has 0 heterocycles. The second kappa shape index (κ2) is 12.8. The summed E-state index contributed by atoms with van der Waals surface area (Å²) in [5.41, 5.74) is 2.27. The van der Waals surface area contributed by atoms with Crippen molar-refractivity contribution in [1.82, 2.24) is 16.0 Å². The molecule has 0 spiro atoms. The van der Waals surface area contributed by atoms with Gasteiger partial charge in [0.25, 0.3) is 0 Å². The fourth-order valence-corrected chi connectivity index (χ4v) is 3.22. The van der Waals surface area contributed by atoms with E-state index in [0.717, 1.165) is 18.1 Å². The Labute approximate surface area is 192 Å². The Morgan fingerprint density at radius 2 is 1.52 bits per heavy atom. The lowest BCUT2D eigenvalue weighted by atomic mass is 10.00. The van der Waals surface area contributed by atoms with Crippen LogP contribution in [0.3, 0.4) is 0 Å². The lowest BCUT2D eigenvalue weighted by Crippen LogP contribution is -2.52. The van der Waals surface area contributed by atoms with Crippen LogP contribution >= 0.6 is 24.0 Å². The fraction of sp³-hybridized carbons (Fsp3) is 0.435. The lowest BCUT2D eigenvalue weighted by Gasteiger charge is -2.31. The Morgan fingerprint density at radius 1 is 0.966 bits per heavy atom. The molecule has 2 aromatic carbocycles. The molecule has 0 aromatic heterocycles. The van der Waals surface area contributed by atoms with Gasteiger partial charge >= 0.3 is 0 Å². The molecule has 2 aromatic rings. The highest BCUT2D eigenvalue weighted by atomic mass is 127. The third-order valence-electron chi connectivity index (χ3n) is 4.84. The lowest BCUT2D eigenvalue weighted by molar-refractivity contribution is 0.265. The van der Waals surface area contributed by atoms with Crippen LogP contribution in [0.5, 0.6) is 0 Å². The van der Waals surface area contributed by atoms with Crippen LogP contribution in [0, 0.1) is 0 Å². The number of rotatable bonds is 9. The van der Waals surface area contributed by atoms with E-state index in [2.05, 4.69) is 66.0 Å². The maximum absolute atomic E-state index is 9.72. The number of benzene rings is 2. The summed E-state index contributed by atoms with van der Waals surface area (Å²) in [5, 5.41) is 20.1. The van der Waals surface area contributed by atoms with Crippen LogP contribution in [0.2, 0.25) is 0 Å². The Hall–Kier alpha value is -1.64. The van der Waals surface area contributed by atoms with Crippen molar-refractivity contribution in [3.63, 3.8) is 0 Å². The maximum Gasteiger partial charge on any atom is 0.191 e. The van der Waals surface area contributed by atoms with Crippen molar-refractivity contribution in [2.24, 2.45) is 4.99 Å². The van der Waals surface area contributed by atoms with Crippen molar-refractivity contribution in [3.8, 4) is 0 Å². The zero-order valence-electron chi connectivity index (χ0n) is 17.9. The molecule has 0 aliphatic rings. The molecule has 0 amide bonds.